The van der Waals surface area contributed by atoms with Gasteiger partial charge < -0.3 is 16.4 Å². The second-order valence-electron chi connectivity index (χ2n) is 6.44. The van der Waals surface area contributed by atoms with Gasteiger partial charge in [0.15, 0.2) is 0 Å². The molecule has 2 aromatic rings. The monoisotopic (exact) mass is 347 g/mol. The number of nitrogens with one attached hydrogen (secondary N) is 2. The van der Waals surface area contributed by atoms with Crippen molar-refractivity contribution in [3.63, 3.8) is 0 Å². The van der Waals surface area contributed by atoms with Crippen LogP contribution in [0.3, 0.4) is 0 Å². The Balaban J connectivity index is 2.12. The van der Waals surface area contributed by atoms with Crippen molar-refractivity contribution in [1.29, 1.82) is 0 Å². The molecule has 1 aromatic heterocycles. The lowest BCUT2D eigenvalue weighted by atomic mass is 10.0. The molecule has 0 atom stereocenters. The molecule has 0 bridgehead atoms. The van der Waals surface area contributed by atoms with Gasteiger partial charge >= 0.3 is 0 Å². The fourth-order valence-electron chi connectivity index (χ4n) is 2.09. The van der Waals surface area contributed by atoms with Gasteiger partial charge in [-0.25, -0.2) is 0 Å². The maximum absolute atomic E-state index is 12.4. The van der Waals surface area contributed by atoms with Crippen LogP contribution < -0.4 is 16.4 Å². The number of nitrogens with zero attached hydrogens (tertiary/aromatic N) is 2. The number of rotatable bonds is 4. The fourth-order valence-corrected chi connectivity index (χ4v) is 2.70. The van der Waals surface area contributed by atoms with Gasteiger partial charge in [0.05, 0.1) is 6.42 Å². The summed E-state index contributed by atoms with van der Waals surface area (Å²) in [7, 11) is 0. The third-order valence-corrected chi connectivity index (χ3v) is 3.89. The summed E-state index contributed by atoms with van der Waals surface area (Å²) in [4.78, 5) is 24.5. The van der Waals surface area contributed by atoms with Gasteiger partial charge in [-0.2, -0.15) is 0 Å². The minimum Gasteiger partial charge on any atom is -0.374 e. The number of benzene rings is 1. The molecule has 4 N–H and O–H groups in total. The van der Waals surface area contributed by atoms with Gasteiger partial charge in [0.1, 0.15) is 5.01 Å². The third-order valence-electron chi connectivity index (χ3n) is 3.14. The maximum atomic E-state index is 12.4. The van der Waals surface area contributed by atoms with E-state index in [0.717, 1.165) is 0 Å². The quantitative estimate of drug-likeness (QED) is 0.785. The molecule has 1 aromatic carbocycles. The normalized spacial score (nSPS) is 11.2. The molecule has 1 heterocycles. The van der Waals surface area contributed by atoms with Crippen molar-refractivity contribution in [2.45, 2.75) is 39.7 Å². The minimum atomic E-state index is -0.333. The molecule has 0 fully saturated rings. The Kier molecular flexibility index (Phi) is 5.18. The topological polar surface area (TPSA) is 110 Å². The largest absolute Gasteiger partial charge is 0.374 e. The molecule has 24 heavy (non-hydrogen) atoms. The van der Waals surface area contributed by atoms with Crippen LogP contribution in [0.1, 0.15) is 41.7 Å². The van der Waals surface area contributed by atoms with E-state index < -0.39 is 0 Å². The first-order chi connectivity index (χ1) is 11.2. The fraction of sp³-hybridized carbons (Fsp3) is 0.375. The van der Waals surface area contributed by atoms with E-state index in [2.05, 4.69) is 20.8 Å². The van der Waals surface area contributed by atoms with E-state index in [1.807, 2.05) is 20.8 Å². The predicted octanol–water partition coefficient (Wildman–Crippen LogP) is 2.14. The number of aromatic nitrogens is 2. The maximum Gasteiger partial charge on any atom is 0.252 e. The molecule has 0 saturated carbocycles. The molecule has 128 valence electrons. The Labute approximate surface area is 144 Å². The van der Waals surface area contributed by atoms with Gasteiger partial charge in [0.2, 0.25) is 11.0 Å². The summed E-state index contributed by atoms with van der Waals surface area (Å²) < 4.78 is 0. The lowest BCUT2D eigenvalue weighted by molar-refractivity contribution is -0.115. The van der Waals surface area contributed by atoms with Crippen LogP contribution in [0.25, 0.3) is 0 Å². The van der Waals surface area contributed by atoms with Gasteiger partial charge in [-0.15, -0.1) is 10.2 Å². The number of nitrogen functional groups attached to an aromatic ring is 1. The zero-order valence-corrected chi connectivity index (χ0v) is 15.0. The van der Waals surface area contributed by atoms with E-state index in [4.69, 9.17) is 5.73 Å². The van der Waals surface area contributed by atoms with E-state index in [1.54, 1.807) is 25.1 Å². The van der Waals surface area contributed by atoms with Crippen molar-refractivity contribution in [3.05, 3.63) is 34.3 Å². The average Bonchev–Trinajstić information content (AvgIpc) is 2.84. The Morgan fingerprint density at radius 3 is 2.54 bits per heavy atom. The van der Waals surface area contributed by atoms with Crippen molar-refractivity contribution in [2.75, 3.05) is 11.1 Å². The first-order valence-electron chi connectivity index (χ1n) is 7.45. The van der Waals surface area contributed by atoms with Crippen LogP contribution in [0.4, 0.5) is 10.8 Å². The van der Waals surface area contributed by atoms with E-state index in [1.165, 1.54) is 11.3 Å². The van der Waals surface area contributed by atoms with Crippen LogP contribution in [-0.2, 0) is 11.2 Å². The molecule has 2 rings (SSSR count). The Bertz CT molecular complexity index is 764. The summed E-state index contributed by atoms with van der Waals surface area (Å²) in [5.41, 5.74) is 7.01. The zero-order valence-electron chi connectivity index (χ0n) is 14.1. The van der Waals surface area contributed by atoms with Gasteiger partial charge in [-0.05, 0) is 45.4 Å². The lowest BCUT2D eigenvalue weighted by Crippen LogP contribution is -2.40. The van der Waals surface area contributed by atoms with E-state index in [0.29, 0.717) is 27.0 Å². The van der Waals surface area contributed by atoms with Crippen molar-refractivity contribution in [2.24, 2.45) is 0 Å². The molecule has 0 aliphatic rings. The van der Waals surface area contributed by atoms with Crippen molar-refractivity contribution in [1.82, 2.24) is 15.5 Å². The van der Waals surface area contributed by atoms with Crippen molar-refractivity contribution < 1.29 is 9.59 Å². The van der Waals surface area contributed by atoms with Gasteiger partial charge in [-0.1, -0.05) is 17.4 Å². The lowest BCUT2D eigenvalue weighted by Gasteiger charge is -2.21. The highest BCUT2D eigenvalue weighted by Crippen LogP contribution is 2.20. The summed E-state index contributed by atoms with van der Waals surface area (Å²) in [6.45, 7) is 7.55. The van der Waals surface area contributed by atoms with Crippen LogP contribution in [0.5, 0.6) is 0 Å². The molecule has 0 aliphatic heterocycles. The second kappa shape index (κ2) is 6.96. The average molecular weight is 347 g/mol. The van der Waals surface area contributed by atoms with E-state index >= 15 is 0 Å². The Morgan fingerprint density at radius 2 is 1.96 bits per heavy atom. The highest BCUT2D eigenvalue weighted by molar-refractivity contribution is 7.15. The second-order valence-corrected chi connectivity index (χ2v) is 7.53. The van der Waals surface area contributed by atoms with E-state index in [-0.39, 0.29) is 23.8 Å². The standard InChI is InChI=1S/C16H21N5O2S/c1-9-10(14(23)19-16(2,3)4)6-5-7-11(9)18-12(22)8-13-20-21-15(17)24-13/h5-7H,8H2,1-4H3,(H2,17,21)(H,18,22)(H,19,23). The van der Waals surface area contributed by atoms with Crippen molar-refractivity contribution >= 4 is 34.0 Å². The first-order valence-corrected chi connectivity index (χ1v) is 8.27. The Hall–Kier alpha value is -2.48. The van der Waals surface area contributed by atoms with Crippen LogP contribution in [0, 0.1) is 6.92 Å². The molecule has 2 amide bonds. The number of hydrogen-bond donors (Lipinski definition) is 3. The minimum absolute atomic E-state index is 0.0900. The van der Waals surface area contributed by atoms with Gasteiger partial charge in [-0.3, -0.25) is 9.59 Å². The number of carbonyl (C=O) groups excluding carboxylic acids is 2. The Morgan fingerprint density at radius 1 is 1.25 bits per heavy atom. The highest BCUT2D eigenvalue weighted by Gasteiger charge is 2.18. The summed E-state index contributed by atoms with van der Waals surface area (Å²) in [6.07, 6.45) is 0.0900. The smallest absolute Gasteiger partial charge is 0.252 e. The number of carbonyl (C=O) groups is 2. The number of nitrogens with two attached hydrogens (primary N) is 1. The van der Waals surface area contributed by atoms with Crippen LogP contribution in [0.2, 0.25) is 0 Å². The highest BCUT2D eigenvalue weighted by atomic mass is 32.1. The zero-order chi connectivity index (χ0) is 17.9. The van der Waals surface area contributed by atoms with Crippen molar-refractivity contribution in [3.8, 4) is 0 Å². The first kappa shape index (κ1) is 17.9. The molecule has 0 aliphatic carbocycles. The number of anilines is 2. The molecular formula is C16H21N5O2S. The van der Waals surface area contributed by atoms with Crippen LogP contribution in [-0.4, -0.2) is 27.6 Å². The summed E-state index contributed by atoms with van der Waals surface area (Å²) >= 11 is 1.18. The molecule has 7 nitrogen and oxygen atoms in total. The molecule has 0 unspecified atom stereocenters. The van der Waals surface area contributed by atoms with Gasteiger partial charge in [0, 0.05) is 16.8 Å². The van der Waals surface area contributed by atoms with Crippen LogP contribution in [0.15, 0.2) is 18.2 Å². The SMILES string of the molecule is Cc1c(NC(=O)Cc2nnc(N)s2)cccc1C(=O)NC(C)(C)C. The van der Waals surface area contributed by atoms with Gasteiger partial charge in [0.25, 0.3) is 5.91 Å². The molecule has 0 spiro atoms. The molecule has 0 saturated heterocycles. The summed E-state index contributed by atoms with van der Waals surface area (Å²) in [6, 6.07) is 5.23. The third kappa shape index (κ3) is 4.76. The molecule has 8 heteroatoms. The molecular weight excluding hydrogens is 326 g/mol. The predicted molar refractivity (Wildman–Crippen MR) is 95.1 cm³/mol. The number of hydrogen-bond acceptors (Lipinski definition) is 6. The number of amides is 2. The van der Waals surface area contributed by atoms with Crippen LogP contribution >= 0.6 is 11.3 Å². The summed E-state index contributed by atoms with van der Waals surface area (Å²) in [5.74, 6) is -0.407. The van der Waals surface area contributed by atoms with E-state index in [9.17, 15) is 9.59 Å². The summed E-state index contributed by atoms with van der Waals surface area (Å²) in [5, 5.41) is 14.1. The molecule has 0 radical (unpaired) electrons.